The standard InChI is InChI=1S/C16H14ClFN4O/c1-22-7-6-19-15(22)14(11-4-2-3-5-12(11)18)21-16(23)13-8-10(17)9-20-13/h2-9,14,20H,1H3,(H,21,23)/t14-/m0/s1. The summed E-state index contributed by atoms with van der Waals surface area (Å²) in [6.07, 6.45) is 4.84. The second kappa shape index (κ2) is 6.26. The zero-order valence-corrected chi connectivity index (χ0v) is 13.0. The molecule has 0 saturated carbocycles. The van der Waals surface area contributed by atoms with Gasteiger partial charge in [0.05, 0.1) is 5.02 Å². The number of rotatable bonds is 4. The van der Waals surface area contributed by atoms with Gasteiger partial charge < -0.3 is 14.9 Å². The van der Waals surface area contributed by atoms with E-state index in [0.717, 1.165) is 0 Å². The van der Waals surface area contributed by atoms with Crippen molar-refractivity contribution in [3.63, 3.8) is 0 Å². The highest BCUT2D eigenvalue weighted by Gasteiger charge is 2.24. The van der Waals surface area contributed by atoms with Gasteiger partial charge in [0.15, 0.2) is 0 Å². The molecule has 1 aromatic carbocycles. The Morgan fingerprint density at radius 2 is 2.22 bits per heavy atom. The smallest absolute Gasteiger partial charge is 0.268 e. The van der Waals surface area contributed by atoms with Gasteiger partial charge in [-0.3, -0.25) is 4.79 Å². The van der Waals surface area contributed by atoms with Crippen LogP contribution in [0.1, 0.15) is 27.9 Å². The molecule has 2 N–H and O–H groups in total. The second-order valence-corrected chi connectivity index (χ2v) is 5.49. The topological polar surface area (TPSA) is 62.7 Å². The number of amides is 1. The molecule has 0 unspecified atom stereocenters. The molecular weight excluding hydrogens is 319 g/mol. The predicted molar refractivity (Wildman–Crippen MR) is 84.7 cm³/mol. The predicted octanol–water partition coefficient (Wildman–Crippen LogP) is 3.06. The highest BCUT2D eigenvalue weighted by molar-refractivity contribution is 6.30. The van der Waals surface area contributed by atoms with Crippen molar-refractivity contribution in [1.82, 2.24) is 19.9 Å². The summed E-state index contributed by atoms with van der Waals surface area (Å²) in [5.74, 6) is -0.278. The van der Waals surface area contributed by atoms with Crippen molar-refractivity contribution in [2.75, 3.05) is 0 Å². The summed E-state index contributed by atoms with van der Waals surface area (Å²) < 4.78 is 15.9. The molecule has 0 aliphatic rings. The van der Waals surface area contributed by atoms with Crippen LogP contribution >= 0.6 is 11.6 Å². The molecule has 5 nitrogen and oxygen atoms in total. The van der Waals surface area contributed by atoms with Crippen molar-refractivity contribution in [2.45, 2.75) is 6.04 Å². The number of hydrogen-bond acceptors (Lipinski definition) is 2. The molecule has 7 heteroatoms. The first-order valence-electron chi connectivity index (χ1n) is 6.92. The quantitative estimate of drug-likeness (QED) is 0.771. The summed E-state index contributed by atoms with van der Waals surface area (Å²) in [6, 6.07) is 7.08. The summed E-state index contributed by atoms with van der Waals surface area (Å²) >= 11 is 5.82. The average Bonchev–Trinajstić information content (AvgIpc) is 3.14. The maximum atomic E-state index is 14.2. The summed E-state index contributed by atoms with van der Waals surface area (Å²) in [4.78, 5) is 19.4. The van der Waals surface area contributed by atoms with Crippen LogP contribution in [0.15, 0.2) is 48.9 Å². The zero-order valence-electron chi connectivity index (χ0n) is 12.3. The fraction of sp³-hybridized carbons (Fsp3) is 0.125. The number of aryl methyl sites for hydroxylation is 1. The van der Waals surface area contributed by atoms with Gasteiger partial charge in [-0.05, 0) is 12.1 Å². The monoisotopic (exact) mass is 332 g/mol. The fourth-order valence-corrected chi connectivity index (χ4v) is 2.52. The number of imidazole rings is 1. The minimum Gasteiger partial charge on any atom is -0.356 e. The van der Waals surface area contributed by atoms with Crippen molar-refractivity contribution in [3.05, 3.63) is 76.8 Å². The van der Waals surface area contributed by atoms with E-state index in [4.69, 9.17) is 11.6 Å². The van der Waals surface area contributed by atoms with Gasteiger partial charge in [-0.1, -0.05) is 29.8 Å². The lowest BCUT2D eigenvalue weighted by atomic mass is 10.1. The molecule has 3 aromatic rings. The van der Waals surface area contributed by atoms with Crippen molar-refractivity contribution in [2.24, 2.45) is 7.05 Å². The van der Waals surface area contributed by atoms with Crippen LogP contribution in [0, 0.1) is 5.82 Å². The number of benzene rings is 1. The largest absolute Gasteiger partial charge is 0.356 e. The van der Waals surface area contributed by atoms with E-state index in [1.807, 2.05) is 0 Å². The van der Waals surface area contributed by atoms with E-state index < -0.39 is 17.8 Å². The van der Waals surface area contributed by atoms with Crippen molar-refractivity contribution < 1.29 is 9.18 Å². The van der Waals surface area contributed by atoms with Crippen LogP contribution in [0.3, 0.4) is 0 Å². The molecule has 0 aliphatic carbocycles. The SMILES string of the molecule is Cn1ccnc1[C@@H](NC(=O)c1cc(Cl)c[nH]1)c1ccccc1F. The number of aromatic nitrogens is 3. The van der Waals surface area contributed by atoms with Crippen LogP contribution in [0.4, 0.5) is 4.39 Å². The summed E-state index contributed by atoms with van der Waals surface area (Å²) in [6.45, 7) is 0. The van der Waals surface area contributed by atoms with Crippen LogP contribution < -0.4 is 5.32 Å². The normalized spacial score (nSPS) is 12.1. The lowest BCUT2D eigenvalue weighted by Gasteiger charge is -2.19. The number of aromatic amines is 1. The number of nitrogens with one attached hydrogen (secondary N) is 2. The highest BCUT2D eigenvalue weighted by Crippen LogP contribution is 2.23. The number of H-pyrrole nitrogens is 1. The van der Waals surface area contributed by atoms with Gasteiger partial charge in [-0.2, -0.15) is 0 Å². The van der Waals surface area contributed by atoms with Gasteiger partial charge in [-0.25, -0.2) is 9.37 Å². The van der Waals surface area contributed by atoms with Crippen molar-refractivity contribution in [3.8, 4) is 0 Å². The van der Waals surface area contributed by atoms with Gasteiger partial charge in [0.1, 0.15) is 23.4 Å². The molecule has 2 heterocycles. The number of nitrogens with zero attached hydrogens (tertiary/aromatic N) is 2. The van der Waals surface area contributed by atoms with Crippen LogP contribution in [0.5, 0.6) is 0 Å². The molecule has 0 bridgehead atoms. The van der Waals surface area contributed by atoms with E-state index in [1.54, 1.807) is 42.2 Å². The molecule has 0 aliphatic heterocycles. The number of carbonyl (C=O) groups excluding carboxylic acids is 1. The Balaban J connectivity index is 1.98. The first-order valence-corrected chi connectivity index (χ1v) is 7.30. The Kier molecular flexibility index (Phi) is 4.16. The molecule has 2 aromatic heterocycles. The van der Waals surface area contributed by atoms with Gasteiger partial charge >= 0.3 is 0 Å². The van der Waals surface area contributed by atoms with Crippen LogP contribution in [0.25, 0.3) is 0 Å². The van der Waals surface area contributed by atoms with E-state index >= 15 is 0 Å². The summed E-state index contributed by atoms with van der Waals surface area (Å²) in [5, 5.41) is 3.22. The van der Waals surface area contributed by atoms with E-state index in [0.29, 0.717) is 22.1 Å². The molecule has 0 radical (unpaired) electrons. The van der Waals surface area contributed by atoms with Crippen molar-refractivity contribution >= 4 is 17.5 Å². The van der Waals surface area contributed by atoms with Crippen LogP contribution in [-0.4, -0.2) is 20.4 Å². The second-order valence-electron chi connectivity index (χ2n) is 5.06. The first-order chi connectivity index (χ1) is 11.1. The van der Waals surface area contributed by atoms with E-state index in [9.17, 15) is 9.18 Å². The third-order valence-corrected chi connectivity index (χ3v) is 3.72. The number of carbonyl (C=O) groups is 1. The minimum atomic E-state index is -0.717. The molecule has 23 heavy (non-hydrogen) atoms. The molecule has 118 valence electrons. The van der Waals surface area contributed by atoms with Crippen LogP contribution in [0.2, 0.25) is 5.02 Å². The maximum Gasteiger partial charge on any atom is 0.268 e. The maximum absolute atomic E-state index is 14.2. The zero-order chi connectivity index (χ0) is 16.4. The van der Waals surface area contributed by atoms with Gasteiger partial charge in [0.2, 0.25) is 0 Å². The van der Waals surface area contributed by atoms with Gasteiger partial charge in [0.25, 0.3) is 5.91 Å². The Labute approximate surface area is 137 Å². The lowest BCUT2D eigenvalue weighted by molar-refractivity contribution is 0.0936. The van der Waals surface area contributed by atoms with E-state index in [1.165, 1.54) is 18.3 Å². The fourth-order valence-electron chi connectivity index (χ4n) is 2.35. The van der Waals surface area contributed by atoms with E-state index in [-0.39, 0.29) is 0 Å². The third-order valence-electron chi connectivity index (χ3n) is 3.50. The van der Waals surface area contributed by atoms with Gasteiger partial charge in [0, 0.05) is 31.2 Å². The molecule has 1 amide bonds. The lowest BCUT2D eigenvalue weighted by Crippen LogP contribution is -2.31. The van der Waals surface area contributed by atoms with Gasteiger partial charge in [-0.15, -0.1) is 0 Å². The summed E-state index contributed by atoms with van der Waals surface area (Å²) in [7, 11) is 1.79. The molecule has 1 atom stereocenters. The first kappa shape index (κ1) is 15.3. The molecule has 0 spiro atoms. The Hall–Kier alpha value is -2.60. The minimum absolute atomic E-state index is 0.297. The van der Waals surface area contributed by atoms with Crippen molar-refractivity contribution in [1.29, 1.82) is 0 Å². The molecule has 0 saturated heterocycles. The molecule has 3 rings (SSSR count). The number of halogens is 2. The summed E-state index contributed by atoms with van der Waals surface area (Å²) in [5.41, 5.74) is 0.637. The Morgan fingerprint density at radius 3 is 2.83 bits per heavy atom. The molecular formula is C16H14ClFN4O. The third kappa shape index (κ3) is 3.12. The number of hydrogen-bond donors (Lipinski definition) is 2. The molecule has 0 fully saturated rings. The van der Waals surface area contributed by atoms with E-state index in [2.05, 4.69) is 15.3 Å². The van der Waals surface area contributed by atoms with Crippen LogP contribution in [-0.2, 0) is 7.05 Å². The Morgan fingerprint density at radius 1 is 1.43 bits per heavy atom. The Bertz CT molecular complexity index is 842. The highest BCUT2D eigenvalue weighted by atomic mass is 35.5. The average molecular weight is 333 g/mol.